The Morgan fingerprint density at radius 1 is 1.17 bits per heavy atom. The lowest BCUT2D eigenvalue weighted by atomic mass is 10.1. The number of nitrogens with zero attached hydrogens (tertiary/aromatic N) is 1. The van der Waals surface area contributed by atoms with Crippen LogP contribution in [-0.4, -0.2) is 10.1 Å². The second-order valence-corrected chi connectivity index (χ2v) is 3.32. The molecule has 0 bridgehead atoms. The largest absolute Gasteiger partial charge is 0.387 e. The second kappa shape index (κ2) is 3.68. The minimum Gasteiger partial charge on any atom is -0.387 e. The van der Waals surface area contributed by atoms with Crippen molar-refractivity contribution in [3.63, 3.8) is 0 Å². The van der Waals surface area contributed by atoms with Crippen molar-refractivity contribution in [2.24, 2.45) is 0 Å². The van der Waals surface area contributed by atoms with Gasteiger partial charge in [-0.25, -0.2) is 0 Å². The molecule has 1 rings (SSSR count). The molecule has 0 aliphatic rings. The highest BCUT2D eigenvalue weighted by Gasteiger charge is 2.05. The van der Waals surface area contributed by atoms with E-state index in [1.54, 1.807) is 6.92 Å². The zero-order valence-corrected chi connectivity index (χ0v) is 7.78. The second-order valence-electron chi connectivity index (χ2n) is 3.32. The quantitative estimate of drug-likeness (QED) is 0.729. The van der Waals surface area contributed by atoms with E-state index in [4.69, 9.17) is 0 Å². The molecule has 0 aliphatic heterocycles. The third-order valence-corrected chi connectivity index (χ3v) is 1.81. The van der Waals surface area contributed by atoms with Crippen molar-refractivity contribution in [2.45, 2.75) is 32.8 Å². The first-order chi connectivity index (χ1) is 5.61. The van der Waals surface area contributed by atoms with Crippen LogP contribution in [0.3, 0.4) is 0 Å². The molecule has 66 valence electrons. The summed E-state index contributed by atoms with van der Waals surface area (Å²) in [5.41, 5.74) is 1.79. The maximum absolute atomic E-state index is 9.27. The molecule has 0 radical (unpaired) electrons. The summed E-state index contributed by atoms with van der Waals surface area (Å²) in [6, 6.07) is 5.76. The van der Waals surface area contributed by atoms with Crippen LogP contribution in [0.4, 0.5) is 0 Å². The van der Waals surface area contributed by atoms with Gasteiger partial charge in [0, 0.05) is 5.69 Å². The maximum Gasteiger partial charge on any atom is 0.0931 e. The van der Waals surface area contributed by atoms with Gasteiger partial charge in [-0.2, -0.15) is 0 Å². The van der Waals surface area contributed by atoms with Crippen LogP contribution in [0.5, 0.6) is 0 Å². The van der Waals surface area contributed by atoms with E-state index >= 15 is 0 Å². The van der Waals surface area contributed by atoms with Gasteiger partial charge in [-0.15, -0.1) is 0 Å². The molecule has 2 nitrogen and oxygen atoms in total. The van der Waals surface area contributed by atoms with Gasteiger partial charge in [-0.05, 0) is 25.0 Å². The Hall–Kier alpha value is -0.890. The smallest absolute Gasteiger partial charge is 0.0931 e. The number of hydrogen-bond donors (Lipinski definition) is 1. The van der Waals surface area contributed by atoms with Crippen LogP contribution in [-0.2, 0) is 0 Å². The Morgan fingerprint density at radius 2 is 1.75 bits per heavy atom. The van der Waals surface area contributed by atoms with Crippen molar-refractivity contribution < 1.29 is 5.11 Å². The average Bonchev–Trinajstić information content (AvgIpc) is 2.04. The summed E-state index contributed by atoms with van der Waals surface area (Å²) in [4.78, 5) is 4.32. The molecule has 0 saturated heterocycles. The molecule has 0 spiro atoms. The lowest BCUT2D eigenvalue weighted by molar-refractivity contribution is 0.194. The molecule has 1 aromatic rings. The van der Waals surface area contributed by atoms with Gasteiger partial charge in [0.2, 0.25) is 0 Å². The number of hydrogen-bond acceptors (Lipinski definition) is 2. The van der Waals surface area contributed by atoms with Gasteiger partial charge in [-0.3, -0.25) is 4.98 Å². The van der Waals surface area contributed by atoms with Crippen molar-refractivity contribution in [1.82, 2.24) is 4.98 Å². The van der Waals surface area contributed by atoms with Gasteiger partial charge < -0.3 is 5.11 Å². The van der Waals surface area contributed by atoms with Crippen LogP contribution >= 0.6 is 0 Å². The van der Waals surface area contributed by atoms with Crippen molar-refractivity contribution in [3.8, 4) is 0 Å². The van der Waals surface area contributed by atoms with E-state index in [-0.39, 0.29) is 0 Å². The SMILES string of the molecule is CC(C)c1cccc([C@@H](C)O)n1. The van der Waals surface area contributed by atoms with Gasteiger partial charge in [-0.1, -0.05) is 19.9 Å². The van der Waals surface area contributed by atoms with E-state index < -0.39 is 6.10 Å². The molecular weight excluding hydrogens is 150 g/mol. The normalized spacial score (nSPS) is 13.4. The fourth-order valence-electron chi connectivity index (χ4n) is 1.02. The number of aliphatic hydroxyl groups is 1. The molecule has 0 aliphatic carbocycles. The van der Waals surface area contributed by atoms with Gasteiger partial charge in [0.25, 0.3) is 0 Å². The van der Waals surface area contributed by atoms with E-state index in [0.29, 0.717) is 5.92 Å². The van der Waals surface area contributed by atoms with Crippen LogP contribution in [0.1, 0.15) is 44.2 Å². The summed E-state index contributed by atoms with van der Waals surface area (Å²) in [6.45, 7) is 5.91. The van der Waals surface area contributed by atoms with E-state index in [1.165, 1.54) is 0 Å². The highest BCUT2D eigenvalue weighted by atomic mass is 16.3. The summed E-state index contributed by atoms with van der Waals surface area (Å²) in [6.07, 6.45) is -0.469. The lowest BCUT2D eigenvalue weighted by Crippen LogP contribution is -1.99. The molecule has 0 amide bonds. The Morgan fingerprint density at radius 3 is 2.25 bits per heavy atom. The number of pyridine rings is 1. The monoisotopic (exact) mass is 165 g/mol. The zero-order valence-electron chi connectivity index (χ0n) is 7.78. The molecule has 1 aromatic heterocycles. The average molecular weight is 165 g/mol. The van der Waals surface area contributed by atoms with Crippen molar-refractivity contribution in [2.75, 3.05) is 0 Å². The summed E-state index contributed by atoms with van der Waals surface area (Å²) >= 11 is 0. The van der Waals surface area contributed by atoms with Gasteiger partial charge in [0.05, 0.1) is 11.8 Å². The van der Waals surface area contributed by atoms with Crippen molar-refractivity contribution >= 4 is 0 Å². The van der Waals surface area contributed by atoms with Gasteiger partial charge in [0.1, 0.15) is 0 Å². The summed E-state index contributed by atoms with van der Waals surface area (Å²) < 4.78 is 0. The molecular formula is C10H15NO. The van der Waals surface area contributed by atoms with Crippen LogP contribution in [0.15, 0.2) is 18.2 Å². The fourth-order valence-corrected chi connectivity index (χ4v) is 1.02. The molecule has 1 N–H and O–H groups in total. The summed E-state index contributed by atoms with van der Waals surface area (Å²) in [5.74, 6) is 0.420. The Balaban J connectivity index is 2.96. The number of aromatic nitrogens is 1. The molecule has 12 heavy (non-hydrogen) atoms. The topological polar surface area (TPSA) is 33.1 Å². The zero-order chi connectivity index (χ0) is 9.14. The Labute approximate surface area is 73.3 Å². The van der Waals surface area contributed by atoms with Gasteiger partial charge >= 0.3 is 0 Å². The minimum atomic E-state index is -0.469. The van der Waals surface area contributed by atoms with Crippen LogP contribution in [0, 0.1) is 0 Å². The highest BCUT2D eigenvalue weighted by molar-refractivity contribution is 5.14. The van der Waals surface area contributed by atoms with Crippen LogP contribution in [0.2, 0.25) is 0 Å². The Bertz CT molecular complexity index is 233. The molecule has 0 unspecified atom stereocenters. The molecule has 0 saturated carbocycles. The lowest BCUT2D eigenvalue weighted by Gasteiger charge is -2.08. The first-order valence-electron chi connectivity index (χ1n) is 4.26. The van der Waals surface area contributed by atoms with E-state index in [9.17, 15) is 5.11 Å². The third kappa shape index (κ3) is 2.05. The first kappa shape index (κ1) is 9.20. The minimum absolute atomic E-state index is 0.420. The Kier molecular flexibility index (Phi) is 2.82. The van der Waals surface area contributed by atoms with E-state index in [0.717, 1.165) is 11.4 Å². The fraction of sp³-hybridized carbons (Fsp3) is 0.500. The molecule has 0 fully saturated rings. The highest BCUT2D eigenvalue weighted by Crippen LogP contribution is 2.14. The van der Waals surface area contributed by atoms with Crippen LogP contribution in [0.25, 0.3) is 0 Å². The van der Waals surface area contributed by atoms with E-state index in [2.05, 4.69) is 18.8 Å². The van der Waals surface area contributed by atoms with Crippen molar-refractivity contribution in [1.29, 1.82) is 0 Å². The maximum atomic E-state index is 9.27. The van der Waals surface area contributed by atoms with Crippen molar-refractivity contribution in [3.05, 3.63) is 29.6 Å². The molecule has 2 heteroatoms. The standard InChI is InChI=1S/C10H15NO/c1-7(2)9-5-4-6-10(11-9)8(3)12/h4-8,12H,1-3H3/t8-/m1/s1. The predicted octanol–water partition coefficient (Wildman–Crippen LogP) is 2.26. The van der Waals surface area contributed by atoms with Crippen LogP contribution < -0.4 is 0 Å². The molecule has 0 aromatic carbocycles. The summed E-state index contributed by atoms with van der Waals surface area (Å²) in [5, 5.41) is 9.27. The third-order valence-electron chi connectivity index (χ3n) is 1.81. The number of rotatable bonds is 2. The van der Waals surface area contributed by atoms with Gasteiger partial charge in [0.15, 0.2) is 0 Å². The van der Waals surface area contributed by atoms with E-state index in [1.807, 2.05) is 18.2 Å². The molecule has 1 atom stereocenters. The first-order valence-corrected chi connectivity index (χ1v) is 4.26. The summed E-state index contributed by atoms with van der Waals surface area (Å²) in [7, 11) is 0. The predicted molar refractivity (Wildman–Crippen MR) is 49.0 cm³/mol. The number of aliphatic hydroxyl groups excluding tert-OH is 1. The molecule has 1 heterocycles.